The zero-order valence-electron chi connectivity index (χ0n) is 17.9. The van der Waals surface area contributed by atoms with Crippen LogP contribution in [0.15, 0.2) is 65.1 Å². The SMILES string of the molecule is Cc1ccc(-c2ccc(/C=C/C(=O)Nc3ccc(N4CCCC[C@@H]4C)cc3)o2)cc1Cl. The molecule has 160 valence electrons. The number of nitrogens with one attached hydrogen (secondary N) is 1. The number of carbonyl (C=O) groups excluding carboxylic acids is 1. The van der Waals surface area contributed by atoms with Crippen molar-refractivity contribution in [2.45, 2.75) is 39.2 Å². The molecule has 0 aliphatic carbocycles. The summed E-state index contributed by atoms with van der Waals surface area (Å²) >= 11 is 6.20. The van der Waals surface area contributed by atoms with Gasteiger partial charge in [-0.25, -0.2) is 0 Å². The normalized spacial score (nSPS) is 16.6. The lowest BCUT2D eigenvalue weighted by Crippen LogP contribution is -2.37. The number of rotatable bonds is 5. The van der Waals surface area contributed by atoms with Crippen molar-refractivity contribution in [3.05, 3.63) is 77.0 Å². The number of benzene rings is 2. The van der Waals surface area contributed by atoms with Gasteiger partial charge < -0.3 is 14.6 Å². The molecule has 1 fully saturated rings. The number of halogens is 1. The van der Waals surface area contributed by atoms with Gasteiger partial charge in [0, 0.05) is 40.6 Å². The molecule has 0 spiro atoms. The van der Waals surface area contributed by atoms with Gasteiger partial charge in [-0.3, -0.25) is 4.79 Å². The monoisotopic (exact) mass is 434 g/mol. The first-order chi connectivity index (χ1) is 15.0. The maximum atomic E-state index is 12.3. The first kappa shape index (κ1) is 21.3. The molecule has 1 saturated heterocycles. The summed E-state index contributed by atoms with van der Waals surface area (Å²) in [5, 5.41) is 3.60. The van der Waals surface area contributed by atoms with Crippen molar-refractivity contribution in [2.75, 3.05) is 16.8 Å². The molecular weight excluding hydrogens is 408 g/mol. The van der Waals surface area contributed by atoms with Crippen LogP contribution < -0.4 is 10.2 Å². The summed E-state index contributed by atoms with van der Waals surface area (Å²) in [7, 11) is 0. The van der Waals surface area contributed by atoms with Gasteiger partial charge >= 0.3 is 0 Å². The van der Waals surface area contributed by atoms with Gasteiger partial charge in [0.05, 0.1) is 0 Å². The zero-order chi connectivity index (χ0) is 21.8. The Kier molecular flexibility index (Phi) is 6.47. The van der Waals surface area contributed by atoms with E-state index in [4.69, 9.17) is 16.0 Å². The molecule has 31 heavy (non-hydrogen) atoms. The van der Waals surface area contributed by atoms with Crippen LogP contribution in [-0.4, -0.2) is 18.5 Å². The standard InChI is InChI=1S/C26H27ClN2O2/c1-18-6-7-20(17-24(18)27)25-14-12-23(31-25)13-15-26(30)28-21-8-10-22(11-9-21)29-16-4-3-5-19(29)2/h6-15,17,19H,3-5,16H2,1-2H3,(H,28,30)/b15-13+/t19-/m0/s1. The van der Waals surface area contributed by atoms with Gasteiger partial charge in [-0.2, -0.15) is 0 Å². The lowest BCUT2D eigenvalue weighted by Gasteiger charge is -2.35. The number of hydrogen-bond acceptors (Lipinski definition) is 3. The van der Waals surface area contributed by atoms with Gasteiger partial charge in [0.15, 0.2) is 0 Å². The summed E-state index contributed by atoms with van der Waals surface area (Å²) in [5.74, 6) is 1.12. The van der Waals surface area contributed by atoms with Crippen molar-refractivity contribution in [3.63, 3.8) is 0 Å². The van der Waals surface area contributed by atoms with Crippen molar-refractivity contribution >= 4 is 35.0 Å². The fourth-order valence-corrected chi connectivity index (χ4v) is 4.08. The van der Waals surface area contributed by atoms with Crippen LogP contribution in [0.1, 0.15) is 37.5 Å². The molecule has 0 radical (unpaired) electrons. The van der Waals surface area contributed by atoms with E-state index in [1.54, 1.807) is 6.08 Å². The van der Waals surface area contributed by atoms with Crippen molar-refractivity contribution in [1.82, 2.24) is 0 Å². The molecule has 1 N–H and O–H groups in total. The van der Waals surface area contributed by atoms with Crippen LogP contribution in [0.5, 0.6) is 0 Å². The van der Waals surface area contributed by atoms with Crippen LogP contribution in [0.2, 0.25) is 5.02 Å². The second-order valence-electron chi connectivity index (χ2n) is 8.07. The molecule has 0 bridgehead atoms. The predicted molar refractivity (Wildman–Crippen MR) is 129 cm³/mol. The molecule has 4 nitrogen and oxygen atoms in total. The number of hydrogen-bond donors (Lipinski definition) is 1. The Labute approximate surface area is 188 Å². The van der Waals surface area contributed by atoms with E-state index in [1.807, 2.05) is 49.4 Å². The van der Waals surface area contributed by atoms with Gasteiger partial charge in [0.1, 0.15) is 11.5 Å². The highest BCUT2D eigenvalue weighted by Gasteiger charge is 2.18. The van der Waals surface area contributed by atoms with Crippen molar-refractivity contribution in [2.24, 2.45) is 0 Å². The Balaban J connectivity index is 1.36. The largest absolute Gasteiger partial charge is 0.457 e. The van der Waals surface area contributed by atoms with E-state index in [1.165, 1.54) is 31.0 Å². The molecule has 1 aliphatic rings. The molecule has 0 unspecified atom stereocenters. The van der Waals surface area contributed by atoms with Gasteiger partial charge in [-0.1, -0.05) is 23.7 Å². The Bertz CT molecular complexity index is 1090. The first-order valence-corrected chi connectivity index (χ1v) is 11.1. The summed E-state index contributed by atoms with van der Waals surface area (Å²) in [4.78, 5) is 14.8. The van der Waals surface area contributed by atoms with E-state index in [0.29, 0.717) is 22.6 Å². The van der Waals surface area contributed by atoms with E-state index >= 15 is 0 Å². The third-order valence-electron chi connectivity index (χ3n) is 5.75. The molecule has 1 amide bonds. The third kappa shape index (κ3) is 5.20. The first-order valence-electron chi connectivity index (χ1n) is 10.7. The number of amides is 1. The van der Waals surface area contributed by atoms with Crippen LogP contribution >= 0.6 is 11.6 Å². The van der Waals surface area contributed by atoms with Crippen LogP contribution in [0.25, 0.3) is 17.4 Å². The van der Waals surface area contributed by atoms with Gasteiger partial charge in [-0.05, 0) is 87.2 Å². The number of carbonyl (C=O) groups is 1. The van der Waals surface area contributed by atoms with E-state index in [2.05, 4.69) is 29.3 Å². The van der Waals surface area contributed by atoms with Crippen LogP contribution in [0.3, 0.4) is 0 Å². The van der Waals surface area contributed by atoms with E-state index in [0.717, 1.165) is 23.4 Å². The highest BCUT2D eigenvalue weighted by molar-refractivity contribution is 6.31. The maximum Gasteiger partial charge on any atom is 0.248 e. The Hall–Kier alpha value is -2.98. The van der Waals surface area contributed by atoms with E-state index in [-0.39, 0.29) is 5.91 Å². The van der Waals surface area contributed by atoms with E-state index in [9.17, 15) is 4.79 Å². The Morgan fingerprint density at radius 3 is 2.68 bits per heavy atom. The second kappa shape index (κ2) is 9.44. The maximum absolute atomic E-state index is 12.3. The summed E-state index contributed by atoms with van der Waals surface area (Å²) in [6.07, 6.45) is 6.91. The lowest BCUT2D eigenvalue weighted by atomic mass is 10.0. The Morgan fingerprint density at radius 1 is 1.13 bits per heavy atom. The molecule has 2 heterocycles. The molecule has 2 aromatic carbocycles. The fourth-order valence-electron chi connectivity index (χ4n) is 3.90. The van der Waals surface area contributed by atoms with Crippen molar-refractivity contribution in [1.29, 1.82) is 0 Å². The molecule has 0 saturated carbocycles. The average molecular weight is 435 g/mol. The Morgan fingerprint density at radius 2 is 1.94 bits per heavy atom. The summed E-state index contributed by atoms with van der Waals surface area (Å²) < 4.78 is 5.83. The molecule has 5 heteroatoms. The minimum atomic E-state index is -0.199. The number of furan rings is 1. The van der Waals surface area contributed by atoms with Crippen molar-refractivity contribution in [3.8, 4) is 11.3 Å². The van der Waals surface area contributed by atoms with Gasteiger partial charge in [0.25, 0.3) is 0 Å². The predicted octanol–water partition coefficient (Wildman–Crippen LogP) is 6.94. The topological polar surface area (TPSA) is 45.5 Å². The average Bonchev–Trinajstić information content (AvgIpc) is 3.24. The molecule has 1 atom stereocenters. The second-order valence-corrected chi connectivity index (χ2v) is 8.48. The smallest absolute Gasteiger partial charge is 0.248 e. The quantitative estimate of drug-likeness (QED) is 0.442. The number of piperidine rings is 1. The summed E-state index contributed by atoms with van der Waals surface area (Å²) in [5.41, 5.74) is 3.91. The van der Waals surface area contributed by atoms with Crippen LogP contribution in [0, 0.1) is 6.92 Å². The molecular formula is C26H27ClN2O2. The van der Waals surface area contributed by atoms with Gasteiger partial charge in [0.2, 0.25) is 5.91 Å². The number of aryl methyl sites for hydroxylation is 1. The van der Waals surface area contributed by atoms with Crippen LogP contribution in [0.4, 0.5) is 11.4 Å². The minimum Gasteiger partial charge on any atom is -0.457 e. The zero-order valence-corrected chi connectivity index (χ0v) is 18.7. The van der Waals surface area contributed by atoms with Crippen molar-refractivity contribution < 1.29 is 9.21 Å². The van der Waals surface area contributed by atoms with Crippen LogP contribution in [-0.2, 0) is 4.79 Å². The van der Waals surface area contributed by atoms with E-state index < -0.39 is 0 Å². The summed E-state index contributed by atoms with van der Waals surface area (Å²) in [6.45, 7) is 5.32. The molecule has 3 aromatic rings. The van der Waals surface area contributed by atoms with Gasteiger partial charge in [-0.15, -0.1) is 0 Å². The molecule has 4 rings (SSSR count). The molecule has 1 aliphatic heterocycles. The number of anilines is 2. The lowest BCUT2D eigenvalue weighted by molar-refractivity contribution is -0.111. The highest BCUT2D eigenvalue weighted by Crippen LogP contribution is 2.28. The minimum absolute atomic E-state index is 0.199. The summed E-state index contributed by atoms with van der Waals surface area (Å²) in [6, 6.07) is 18.1. The molecule has 1 aromatic heterocycles. The number of nitrogens with zero attached hydrogens (tertiary/aromatic N) is 1. The highest BCUT2D eigenvalue weighted by atomic mass is 35.5. The fraction of sp³-hybridized carbons (Fsp3) is 0.269. The third-order valence-corrected chi connectivity index (χ3v) is 6.16.